The van der Waals surface area contributed by atoms with Gasteiger partial charge in [0.15, 0.2) is 0 Å². The van der Waals surface area contributed by atoms with Gasteiger partial charge < -0.3 is 0 Å². The van der Waals surface area contributed by atoms with Crippen molar-refractivity contribution in [3.63, 3.8) is 0 Å². The molecule has 3 aliphatic rings. The van der Waals surface area contributed by atoms with Gasteiger partial charge in [-0.25, -0.2) is 0 Å². The standard InChI is InChI=1S/2C5H5.C4H8N.C4H5.2ClH.Hf/c3*1-2-4-5-3-1;1-3-4-2;;;/h2*1-3H,4H2;1-4H2;1,3-4H,2H2;2*1H;/q;;-1;;;;+3/p-2. The van der Waals surface area contributed by atoms with Gasteiger partial charge in [0.1, 0.15) is 0 Å². The second-order valence-corrected chi connectivity index (χ2v) is 43.3. The molecule has 0 aromatic rings. The minimum absolute atomic E-state index is 0.851. The van der Waals surface area contributed by atoms with Crippen LogP contribution in [0.25, 0.3) is 0 Å². The Morgan fingerprint density at radius 2 is 1.55 bits per heavy atom. The summed E-state index contributed by atoms with van der Waals surface area (Å²) in [5.41, 5.74) is 0. The van der Waals surface area contributed by atoms with E-state index in [1.54, 1.807) is 6.08 Å². The molecule has 0 atom stereocenters. The van der Waals surface area contributed by atoms with E-state index in [2.05, 4.69) is 49.8 Å². The maximum atomic E-state index is 7.80. The Kier molecular flexibility index (Phi) is 4.13. The van der Waals surface area contributed by atoms with Crippen LogP contribution in [0.4, 0.5) is 0 Å². The number of nitrogens with zero attached hydrogens (tertiary/aromatic N) is 1. The molecule has 0 aromatic carbocycles. The van der Waals surface area contributed by atoms with E-state index in [4.69, 9.17) is 17.2 Å². The van der Waals surface area contributed by atoms with Crippen LogP contribution in [0.15, 0.2) is 65.7 Å². The average molecular weight is 503 g/mol. The fourth-order valence-corrected chi connectivity index (χ4v) is 33.9. The normalized spacial score (nSPS) is 25.4. The van der Waals surface area contributed by atoms with Crippen molar-refractivity contribution < 1.29 is 15.0 Å². The van der Waals surface area contributed by atoms with Crippen molar-refractivity contribution in [1.29, 1.82) is 0 Å². The van der Waals surface area contributed by atoms with Gasteiger partial charge in [-0.2, -0.15) is 0 Å². The summed E-state index contributed by atoms with van der Waals surface area (Å²) >= 11 is -5.25. The van der Waals surface area contributed by atoms with Crippen molar-refractivity contribution >= 4 is 17.2 Å². The van der Waals surface area contributed by atoms with E-state index in [-0.39, 0.29) is 0 Å². The van der Waals surface area contributed by atoms with Crippen molar-refractivity contribution in [3.05, 3.63) is 65.7 Å². The van der Waals surface area contributed by atoms with Crippen LogP contribution in [0.1, 0.15) is 25.7 Å². The monoisotopic (exact) mass is 503 g/mol. The summed E-state index contributed by atoms with van der Waals surface area (Å²) in [6.45, 7) is 5.80. The second kappa shape index (κ2) is 5.44. The molecule has 0 unspecified atom stereocenters. The number of halogens is 2. The summed E-state index contributed by atoms with van der Waals surface area (Å²) in [7, 11) is 15.6. The molecule has 0 bridgehead atoms. The SMILES string of the molecule is C=CC=[CH][Hf]([Cl])([Cl])([C]1=CC=CC1)([C]1=CC=CC1)[N]1CCCC1. The number of rotatable bonds is 5. The summed E-state index contributed by atoms with van der Waals surface area (Å²) in [4.78, 5) is 0. The minimum atomic E-state index is -5.25. The zero-order valence-corrected chi connectivity index (χ0v) is 18.0. The summed E-state index contributed by atoms with van der Waals surface area (Å²) in [5.74, 6) is 0. The zero-order chi connectivity index (χ0) is 15.7. The maximum absolute atomic E-state index is 7.80. The van der Waals surface area contributed by atoms with Gasteiger partial charge in [0.25, 0.3) is 0 Å². The molecule has 4 heteroatoms. The van der Waals surface area contributed by atoms with E-state index in [0.29, 0.717) is 0 Å². The number of allylic oxidation sites excluding steroid dienone is 10. The van der Waals surface area contributed by atoms with Crippen molar-refractivity contribution in [2.75, 3.05) is 13.1 Å². The molecular weight excluding hydrogens is 480 g/mol. The number of hydrogen-bond acceptors (Lipinski definition) is 1. The van der Waals surface area contributed by atoms with Gasteiger partial charge in [-0.1, -0.05) is 0 Å². The van der Waals surface area contributed by atoms with E-state index < -0.39 is 15.0 Å². The van der Waals surface area contributed by atoms with Crippen molar-refractivity contribution in [2.24, 2.45) is 0 Å². The fourth-order valence-electron chi connectivity index (χ4n) is 4.19. The first-order valence-electron chi connectivity index (χ1n) is 8.03. The third kappa shape index (κ3) is 2.11. The van der Waals surface area contributed by atoms with E-state index in [9.17, 15) is 0 Å². The third-order valence-corrected chi connectivity index (χ3v) is 42.8. The summed E-state index contributed by atoms with van der Waals surface area (Å²) < 4.78 is 7.02. The second-order valence-electron chi connectivity index (χ2n) is 6.54. The Labute approximate surface area is 138 Å². The molecule has 0 N–H and O–H groups in total. The first-order chi connectivity index (χ1) is 10.5. The molecule has 1 heterocycles. The van der Waals surface area contributed by atoms with Gasteiger partial charge in [0, 0.05) is 0 Å². The fraction of sp³-hybridized carbons (Fsp3) is 0.333. The molecule has 2 aliphatic carbocycles. The van der Waals surface area contributed by atoms with Crippen LogP contribution in [-0.2, 0) is 15.0 Å². The van der Waals surface area contributed by atoms with Crippen molar-refractivity contribution in [3.8, 4) is 0 Å². The first-order valence-corrected chi connectivity index (χ1v) is 24.2. The molecule has 0 spiro atoms. The molecule has 3 rings (SSSR count). The molecule has 118 valence electrons. The molecule has 22 heavy (non-hydrogen) atoms. The van der Waals surface area contributed by atoms with E-state index >= 15 is 0 Å². The molecule has 0 aromatic heterocycles. The molecule has 1 aliphatic heterocycles. The van der Waals surface area contributed by atoms with Gasteiger partial charge in [-0.05, 0) is 0 Å². The quantitative estimate of drug-likeness (QED) is 0.333. The van der Waals surface area contributed by atoms with E-state index in [0.717, 1.165) is 38.8 Å². The molecular formula is C18H23Cl2HfN. The van der Waals surface area contributed by atoms with Crippen molar-refractivity contribution in [1.82, 2.24) is 2.89 Å². The molecule has 0 saturated carbocycles. The Hall–Kier alpha value is -0.150. The Bertz CT molecular complexity index is 625. The average Bonchev–Trinajstić information content (AvgIpc) is 3.30. The molecule has 0 amide bonds. The number of hydrogen-bond donors (Lipinski definition) is 0. The summed E-state index contributed by atoms with van der Waals surface area (Å²) in [5, 5.41) is 0. The van der Waals surface area contributed by atoms with Gasteiger partial charge in [0.05, 0.1) is 0 Å². The summed E-state index contributed by atoms with van der Waals surface area (Å²) in [6.07, 6.45) is 20.6. The zero-order valence-electron chi connectivity index (χ0n) is 12.8. The van der Waals surface area contributed by atoms with Gasteiger partial charge in [-0.15, -0.1) is 0 Å². The van der Waals surface area contributed by atoms with E-state index in [1.165, 1.54) is 6.66 Å². The predicted molar refractivity (Wildman–Crippen MR) is 95.5 cm³/mol. The topological polar surface area (TPSA) is 3.24 Å². The van der Waals surface area contributed by atoms with Crippen LogP contribution in [-0.4, -0.2) is 16.0 Å². The van der Waals surface area contributed by atoms with Gasteiger partial charge in [-0.3, -0.25) is 0 Å². The van der Waals surface area contributed by atoms with E-state index in [1.807, 2.05) is 6.08 Å². The Balaban J connectivity index is 2.31. The van der Waals surface area contributed by atoms with Crippen LogP contribution < -0.4 is 0 Å². The van der Waals surface area contributed by atoms with Crippen LogP contribution in [0.3, 0.4) is 0 Å². The van der Waals surface area contributed by atoms with Crippen molar-refractivity contribution in [2.45, 2.75) is 25.7 Å². The molecule has 1 fully saturated rings. The third-order valence-electron chi connectivity index (χ3n) is 5.45. The first kappa shape index (κ1) is 16.7. The molecule has 1 nitrogen and oxygen atoms in total. The van der Waals surface area contributed by atoms with Crippen LogP contribution >= 0.6 is 17.2 Å². The van der Waals surface area contributed by atoms with Gasteiger partial charge in [0.2, 0.25) is 0 Å². The van der Waals surface area contributed by atoms with Gasteiger partial charge >= 0.3 is 139 Å². The van der Waals surface area contributed by atoms with Crippen LogP contribution in [0.2, 0.25) is 0 Å². The molecule has 1 saturated heterocycles. The summed E-state index contributed by atoms with van der Waals surface area (Å²) in [6, 6.07) is 0. The van der Waals surface area contributed by atoms with Crippen LogP contribution in [0.5, 0.6) is 0 Å². The Morgan fingerprint density at radius 1 is 1.00 bits per heavy atom. The Morgan fingerprint density at radius 3 is 1.95 bits per heavy atom. The molecule has 0 radical (unpaired) electrons. The van der Waals surface area contributed by atoms with Crippen LogP contribution in [0, 0.1) is 0 Å². The predicted octanol–water partition coefficient (Wildman–Crippen LogP) is 5.92.